The quantitative estimate of drug-likeness (QED) is 0.308. The van der Waals surface area contributed by atoms with Crippen molar-refractivity contribution >= 4 is 40.4 Å². The van der Waals surface area contributed by atoms with Crippen LogP contribution < -0.4 is 14.9 Å². The Morgan fingerprint density at radius 3 is 2.60 bits per heavy atom. The minimum absolute atomic E-state index is 0.591. The lowest BCUT2D eigenvalue weighted by Crippen LogP contribution is -2.06. The summed E-state index contributed by atoms with van der Waals surface area (Å²) in [7, 11) is 0. The smallest absolute Gasteiger partial charge is 0.174 e. The number of hydrogen-bond acceptors (Lipinski definition) is 4. The van der Waals surface area contributed by atoms with Crippen molar-refractivity contribution in [2.45, 2.75) is 26.8 Å². The summed E-state index contributed by atoms with van der Waals surface area (Å²) < 4.78 is 12.5. The molecular formula is C19H22ClIN2O2. The molecule has 0 saturated heterocycles. The van der Waals surface area contributed by atoms with Gasteiger partial charge in [-0.15, -0.1) is 0 Å². The predicted molar refractivity (Wildman–Crippen MR) is 112 cm³/mol. The highest BCUT2D eigenvalue weighted by Crippen LogP contribution is 2.34. The fourth-order valence-electron chi connectivity index (χ4n) is 2.13. The lowest BCUT2D eigenvalue weighted by Gasteiger charge is -2.14. The molecular weight excluding hydrogens is 451 g/mol. The van der Waals surface area contributed by atoms with E-state index in [0.717, 1.165) is 37.6 Å². The van der Waals surface area contributed by atoms with E-state index in [1.54, 1.807) is 6.21 Å². The maximum Gasteiger partial charge on any atom is 0.174 e. The van der Waals surface area contributed by atoms with Crippen molar-refractivity contribution in [3.8, 4) is 11.5 Å². The second-order valence-electron chi connectivity index (χ2n) is 5.33. The normalized spacial score (nSPS) is 10.9. The first-order chi connectivity index (χ1) is 12.1. The van der Waals surface area contributed by atoms with Crippen LogP contribution in [0.4, 0.5) is 0 Å². The van der Waals surface area contributed by atoms with Gasteiger partial charge in [0.15, 0.2) is 11.5 Å². The van der Waals surface area contributed by atoms with Crippen molar-refractivity contribution in [2.75, 3.05) is 13.2 Å². The van der Waals surface area contributed by atoms with Crippen molar-refractivity contribution in [3.63, 3.8) is 0 Å². The van der Waals surface area contributed by atoms with Crippen LogP contribution in [0.5, 0.6) is 11.5 Å². The molecule has 134 valence electrons. The largest absolute Gasteiger partial charge is 0.490 e. The Labute approximate surface area is 167 Å². The molecule has 2 rings (SSSR count). The molecule has 0 saturated carbocycles. The van der Waals surface area contributed by atoms with Crippen molar-refractivity contribution in [3.05, 3.63) is 56.1 Å². The molecule has 25 heavy (non-hydrogen) atoms. The average molecular weight is 473 g/mol. The molecule has 2 aromatic rings. The third-order valence-corrected chi connectivity index (χ3v) is 4.34. The summed E-state index contributed by atoms with van der Waals surface area (Å²) in [5, 5.41) is 5.02. The summed E-state index contributed by atoms with van der Waals surface area (Å²) in [5.41, 5.74) is 5.12. The van der Waals surface area contributed by atoms with Crippen molar-refractivity contribution in [2.24, 2.45) is 5.10 Å². The predicted octanol–water partition coefficient (Wildman–Crippen LogP) is 5.26. The summed E-state index contributed by atoms with van der Waals surface area (Å²) in [6.45, 7) is 5.95. The number of rotatable bonds is 9. The first-order valence-electron chi connectivity index (χ1n) is 8.23. The van der Waals surface area contributed by atoms with Gasteiger partial charge in [-0.2, -0.15) is 5.10 Å². The second-order valence-corrected chi connectivity index (χ2v) is 6.93. The highest BCUT2D eigenvalue weighted by atomic mass is 127. The van der Waals surface area contributed by atoms with E-state index in [0.29, 0.717) is 19.8 Å². The second kappa shape index (κ2) is 10.5. The molecule has 6 heteroatoms. The number of hydrazone groups is 1. The third kappa shape index (κ3) is 6.40. The highest BCUT2D eigenvalue weighted by Gasteiger charge is 2.11. The van der Waals surface area contributed by atoms with E-state index in [1.807, 2.05) is 43.3 Å². The monoisotopic (exact) mass is 472 g/mol. The maximum absolute atomic E-state index is 5.88. The van der Waals surface area contributed by atoms with Gasteiger partial charge >= 0.3 is 0 Å². The van der Waals surface area contributed by atoms with Crippen LogP contribution in [0.3, 0.4) is 0 Å². The van der Waals surface area contributed by atoms with Crippen LogP contribution in [0.15, 0.2) is 41.5 Å². The molecule has 0 aromatic heterocycles. The van der Waals surface area contributed by atoms with Gasteiger partial charge in [-0.1, -0.05) is 30.7 Å². The SMILES string of the molecule is CCCOc1c(I)cc(/C=N\NCc2ccc(Cl)cc2)cc1OCC. The Bertz CT molecular complexity index is 705. The molecule has 0 heterocycles. The van der Waals surface area contributed by atoms with E-state index in [-0.39, 0.29) is 0 Å². The van der Waals surface area contributed by atoms with Gasteiger partial charge in [0.1, 0.15) is 0 Å². The first kappa shape index (κ1) is 19.8. The Hall–Kier alpha value is -1.47. The summed E-state index contributed by atoms with van der Waals surface area (Å²) in [4.78, 5) is 0. The molecule has 0 radical (unpaired) electrons. The third-order valence-electron chi connectivity index (χ3n) is 3.28. The van der Waals surface area contributed by atoms with Gasteiger partial charge in [0.2, 0.25) is 0 Å². The topological polar surface area (TPSA) is 42.8 Å². The zero-order valence-electron chi connectivity index (χ0n) is 14.4. The zero-order chi connectivity index (χ0) is 18.1. The lowest BCUT2D eigenvalue weighted by atomic mass is 10.2. The molecule has 0 fully saturated rings. The molecule has 0 aliphatic carbocycles. The van der Waals surface area contributed by atoms with Crippen LogP contribution in [0.2, 0.25) is 5.02 Å². The van der Waals surface area contributed by atoms with Crippen molar-refractivity contribution in [1.29, 1.82) is 0 Å². The standard InChI is InChI=1S/C19H22ClIN2O2/c1-3-9-25-19-17(21)10-15(11-18(19)24-4-2)13-23-22-12-14-5-7-16(20)8-6-14/h5-8,10-11,13,22H,3-4,9,12H2,1-2H3/b23-13-. The molecule has 2 aromatic carbocycles. The summed E-state index contributed by atoms with van der Waals surface area (Å²) in [6, 6.07) is 11.7. The molecule has 0 aliphatic heterocycles. The Kier molecular flexibility index (Phi) is 8.34. The summed E-state index contributed by atoms with van der Waals surface area (Å²) in [5.74, 6) is 1.55. The molecule has 0 bridgehead atoms. The van der Waals surface area contributed by atoms with Crippen LogP contribution in [-0.2, 0) is 6.54 Å². The fraction of sp³-hybridized carbons (Fsp3) is 0.316. The van der Waals surface area contributed by atoms with E-state index in [9.17, 15) is 0 Å². The van der Waals surface area contributed by atoms with Crippen LogP contribution in [0, 0.1) is 3.57 Å². The van der Waals surface area contributed by atoms with Crippen LogP contribution in [-0.4, -0.2) is 19.4 Å². The maximum atomic E-state index is 5.88. The number of hydrogen-bond donors (Lipinski definition) is 1. The number of nitrogens with zero attached hydrogens (tertiary/aromatic N) is 1. The highest BCUT2D eigenvalue weighted by molar-refractivity contribution is 14.1. The van der Waals surface area contributed by atoms with Gasteiger partial charge < -0.3 is 14.9 Å². The van der Waals surface area contributed by atoms with Gasteiger partial charge in [0.25, 0.3) is 0 Å². The molecule has 0 aliphatic rings. The summed E-state index contributed by atoms with van der Waals surface area (Å²) >= 11 is 8.14. The van der Waals surface area contributed by atoms with Crippen LogP contribution >= 0.6 is 34.2 Å². The van der Waals surface area contributed by atoms with Crippen molar-refractivity contribution < 1.29 is 9.47 Å². The van der Waals surface area contributed by atoms with E-state index in [4.69, 9.17) is 21.1 Å². The summed E-state index contributed by atoms with van der Waals surface area (Å²) in [6.07, 6.45) is 2.74. The van der Waals surface area contributed by atoms with Gasteiger partial charge in [-0.05, 0) is 71.3 Å². The molecule has 0 amide bonds. The Morgan fingerprint density at radius 2 is 1.92 bits per heavy atom. The average Bonchev–Trinajstić information content (AvgIpc) is 2.60. The minimum Gasteiger partial charge on any atom is -0.490 e. The Morgan fingerprint density at radius 1 is 1.16 bits per heavy atom. The molecule has 1 N–H and O–H groups in total. The fourth-order valence-corrected chi connectivity index (χ4v) is 3.04. The van der Waals surface area contributed by atoms with E-state index < -0.39 is 0 Å². The lowest BCUT2D eigenvalue weighted by molar-refractivity contribution is 0.275. The number of nitrogens with one attached hydrogen (secondary N) is 1. The molecule has 0 spiro atoms. The van der Waals surface area contributed by atoms with Gasteiger partial charge in [-0.25, -0.2) is 0 Å². The number of halogens is 2. The van der Waals surface area contributed by atoms with E-state index in [2.05, 4.69) is 40.0 Å². The van der Waals surface area contributed by atoms with Crippen LogP contribution in [0.1, 0.15) is 31.4 Å². The van der Waals surface area contributed by atoms with Crippen LogP contribution in [0.25, 0.3) is 0 Å². The number of benzene rings is 2. The first-order valence-corrected chi connectivity index (χ1v) is 9.69. The number of ether oxygens (including phenoxy) is 2. The van der Waals surface area contributed by atoms with E-state index >= 15 is 0 Å². The Balaban J connectivity index is 2.03. The zero-order valence-corrected chi connectivity index (χ0v) is 17.3. The van der Waals surface area contributed by atoms with Crippen molar-refractivity contribution in [1.82, 2.24) is 5.43 Å². The molecule has 4 nitrogen and oxygen atoms in total. The van der Waals surface area contributed by atoms with Gasteiger partial charge in [0.05, 0.1) is 29.5 Å². The van der Waals surface area contributed by atoms with Gasteiger partial charge in [0, 0.05) is 5.02 Å². The van der Waals surface area contributed by atoms with Gasteiger partial charge in [-0.3, -0.25) is 0 Å². The molecule has 0 unspecified atom stereocenters. The van der Waals surface area contributed by atoms with E-state index in [1.165, 1.54) is 0 Å². The molecule has 0 atom stereocenters. The minimum atomic E-state index is 0.591.